The summed E-state index contributed by atoms with van der Waals surface area (Å²) in [4.78, 5) is 16.0. The molecule has 0 saturated carbocycles. The molecule has 26 heavy (non-hydrogen) atoms. The van der Waals surface area contributed by atoms with E-state index in [9.17, 15) is 9.18 Å². The standard InChI is InChI=1S/C20H18FN3OS/c1-14-16(13-22-24(14)18-6-3-2-5-17(18)21)20(25)23-10-8-15(9-11-23)19-7-4-12-26-19/h2-8,12-13H,9-11H2,1H3. The van der Waals surface area contributed by atoms with Crippen LogP contribution in [0.15, 0.2) is 54.1 Å². The lowest BCUT2D eigenvalue weighted by Crippen LogP contribution is -2.34. The summed E-state index contributed by atoms with van der Waals surface area (Å²) in [6.07, 6.45) is 4.49. The van der Waals surface area contributed by atoms with Crippen molar-refractivity contribution in [2.45, 2.75) is 13.3 Å². The average Bonchev–Trinajstić information content (AvgIpc) is 3.32. The van der Waals surface area contributed by atoms with Gasteiger partial charge in [0.2, 0.25) is 0 Å². The van der Waals surface area contributed by atoms with E-state index in [2.05, 4.69) is 22.6 Å². The Kier molecular flexibility index (Phi) is 4.42. The lowest BCUT2D eigenvalue weighted by atomic mass is 10.1. The molecule has 0 spiro atoms. The SMILES string of the molecule is Cc1c(C(=O)N2CC=C(c3cccs3)CC2)cnn1-c1ccccc1F. The monoisotopic (exact) mass is 367 g/mol. The van der Waals surface area contributed by atoms with Crippen molar-refractivity contribution < 1.29 is 9.18 Å². The quantitative estimate of drug-likeness (QED) is 0.692. The third-order valence-corrected chi connectivity index (χ3v) is 5.60. The molecule has 1 aliphatic rings. The molecule has 0 bridgehead atoms. The number of rotatable bonds is 3. The van der Waals surface area contributed by atoms with Crippen LogP contribution in [0.4, 0.5) is 4.39 Å². The van der Waals surface area contributed by atoms with Gasteiger partial charge in [-0.1, -0.05) is 24.3 Å². The van der Waals surface area contributed by atoms with Gasteiger partial charge in [0.1, 0.15) is 11.5 Å². The van der Waals surface area contributed by atoms with Crippen molar-refractivity contribution in [2.75, 3.05) is 13.1 Å². The number of carbonyl (C=O) groups is 1. The summed E-state index contributed by atoms with van der Waals surface area (Å²) in [7, 11) is 0. The Balaban J connectivity index is 1.56. The number of aromatic nitrogens is 2. The molecule has 6 heteroatoms. The minimum Gasteiger partial charge on any atom is -0.334 e. The van der Waals surface area contributed by atoms with Gasteiger partial charge in [0, 0.05) is 18.0 Å². The molecule has 0 saturated heterocycles. The molecule has 1 aromatic carbocycles. The highest BCUT2D eigenvalue weighted by molar-refractivity contribution is 7.11. The van der Waals surface area contributed by atoms with Crippen molar-refractivity contribution in [1.82, 2.24) is 14.7 Å². The lowest BCUT2D eigenvalue weighted by molar-refractivity contribution is 0.0772. The number of amides is 1. The molecule has 2 aromatic heterocycles. The zero-order valence-corrected chi connectivity index (χ0v) is 15.2. The van der Waals surface area contributed by atoms with Gasteiger partial charge in [-0.25, -0.2) is 9.07 Å². The van der Waals surface area contributed by atoms with Crippen molar-refractivity contribution in [2.24, 2.45) is 0 Å². The van der Waals surface area contributed by atoms with Crippen LogP contribution in [0.1, 0.15) is 27.3 Å². The van der Waals surface area contributed by atoms with Crippen molar-refractivity contribution in [1.29, 1.82) is 0 Å². The third kappa shape index (κ3) is 2.97. The molecular weight excluding hydrogens is 349 g/mol. The van der Waals surface area contributed by atoms with Gasteiger partial charge >= 0.3 is 0 Å². The maximum atomic E-state index is 14.0. The smallest absolute Gasteiger partial charge is 0.257 e. The van der Waals surface area contributed by atoms with E-state index in [1.807, 2.05) is 11.0 Å². The first-order valence-corrected chi connectivity index (χ1v) is 9.35. The highest BCUT2D eigenvalue weighted by Gasteiger charge is 2.23. The number of thiophene rings is 1. The summed E-state index contributed by atoms with van der Waals surface area (Å²) < 4.78 is 15.5. The normalized spacial score (nSPS) is 14.4. The third-order valence-electron chi connectivity index (χ3n) is 4.65. The van der Waals surface area contributed by atoms with Crippen LogP contribution < -0.4 is 0 Å². The van der Waals surface area contributed by atoms with Crippen molar-refractivity contribution in [3.63, 3.8) is 0 Å². The number of hydrogen-bond donors (Lipinski definition) is 0. The lowest BCUT2D eigenvalue weighted by Gasteiger charge is -2.26. The zero-order chi connectivity index (χ0) is 18.1. The Hall–Kier alpha value is -2.73. The fraction of sp³-hybridized carbons (Fsp3) is 0.200. The molecule has 4 rings (SSSR count). The fourth-order valence-electron chi connectivity index (χ4n) is 3.19. The van der Waals surface area contributed by atoms with Crippen molar-refractivity contribution in [3.05, 3.63) is 76.0 Å². The van der Waals surface area contributed by atoms with Gasteiger partial charge in [-0.15, -0.1) is 11.3 Å². The molecule has 0 aliphatic carbocycles. The molecule has 1 amide bonds. The van der Waals surface area contributed by atoms with Crippen LogP contribution in [-0.4, -0.2) is 33.7 Å². The number of nitrogens with zero attached hydrogens (tertiary/aromatic N) is 3. The zero-order valence-electron chi connectivity index (χ0n) is 14.4. The maximum absolute atomic E-state index is 14.0. The second-order valence-corrected chi connectivity index (χ2v) is 7.16. The molecule has 0 atom stereocenters. The van der Waals surface area contributed by atoms with Gasteiger partial charge in [-0.2, -0.15) is 5.10 Å². The summed E-state index contributed by atoms with van der Waals surface area (Å²) in [5, 5.41) is 6.30. The molecule has 3 heterocycles. The number of carbonyl (C=O) groups excluding carboxylic acids is 1. The molecular formula is C20H18FN3OS. The first-order chi connectivity index (χ1) is 12.6. The summed E-state index contributed by atoms with van der Waals surface area (Å²) in [6, 6.07) is 10.6. The van der Waals surface area contributed by atoms with Crippen molar-refractivity contribution >= 4 is 22.8 Å². The molecule has 4 nitrogen and oxygen atoms in total. The number of para-hydroxylation sites is 1. The van der Waals surface area contributed by atoms with Gasteiger partial charge in [0.15, 0.2) is 0 Å². The van der Waals surface area contributed by atoms with Crippen molar-refractivity contribution in [3.8, 4) is 5.69 Å². The van der Waals surface area contributed by atoms with Gasteiger partial charge < -0.3 is 4.90 Å². The highest BCUT2D eigenvalue weighted by atomic mass is 32.1. The van der Waals surface area contributed by atoms with E-state index >= 15 is 0 Å². The second kappa shape index (κ2) is 6.88. The molecule has 1 aliphatic heterocycles. The Morgan fingerprint density at radius 1 is 1.23 bits per heavy atom. The number of halogens is 1. The van der Waals surface area contributed by atoms with Crippen LogP contribution in [0.2, 0.25) is 0 Å². The molecule has 0 N–H and O–H groups in total. The van der Waals surface area contributed by atoms with E-state index < -0.39 is 0 Å². The molecule has 0 fully saturated rings. The summed E-state index contributed by atoms with van der Waals surface area (Å²) in [5.41, 5.74) is 2.81. The van der Waals surface area contributed by atoms with E-state index in [1.54, 1.807) is 36.5 Å². The molecule has 132 valence electrons. The number of hydrogen-bond acceptors (Lipinski definition) is 3. The Bertz CT molecular complexity index is 975. The second-order valence-electron chi connectivity index (χ2n) is 6.21. The Morgan fingerprint density at radius 3 is 2.77 bits per heavy atom. The molecule has 0 radical (unpaired) electrons. The van der Waals surface area contributed by atoms with Crippen LogP contribution in [0.3, 0.4) is 0 Å². The van der Waals surface area contributed by atoms with E-state index in [4.69, 9.17) is 0 Å². The predicted molar refractivity (Wildman–Crippen MR) is 101 cm³/mol. The van der Waals surface area contributed by atoms with Crippen LogP contribution in [0.5, 0.6) is 0 Å². The molecule has 3 aromatic rings. The number of benzene rings is 1. The van der Waals surface area contributed by atoms with E-state index in [0.29, 0.717) is 30.0 Å². The Labute approximate surface area is 155 Å². The van der Waals surface area contributed by atoms with E-state index in [0.717, 1.165) is 6.42 Å². The minimum absolute atomic E-state index is 0.0634. The van der Waals surface area contributed by atoms with E-state index in [-0.39, 0.29) is 11.7 Å². The minimum atomic E-state index is -0.362. The van der Waals surface area contributed by atoms with Crippen LogP contribution in [0.25, 0.3) is 11.3 Å². The van der Waals surface area contributed by atoms with E-state index in [1.165, 1.54) is 27.4 Å². The largest absolute Gasteiger partial charge is 0.334 e. The van der Waals surface area contributed by atoms with Gasteiger partial charge in [0.05, 0.1) is 17.5 Å². The fourth-order valence-corrected chi connectivity index (χ4v) is 3.99. The van der Waals surface area contributed by atoms with Gasteiger partial charge in [-0.05, 0) is 42.5 Å². The van der Waals surface area contributed by atoms with Crippen LogP contribution in [0, 0.1) is 12.7 Å². The first-order valence-electron chi connectivity index (χ1n) is 8.47. The summed E-state index contributed by atoms with van der Waals surface area (Å²) in [6.45, 7) is 3.05. The van der Waals surface area contributed by atoms with Crippen LogP contribution in [-0.2, 0) is 0 Å². The molecule has 0 unspecified atom stereocenters. The maximum Gasteiger partial charge on any atom is 0.257 e. The summed E-state index contributed by atoms with van der Waals surface area (Å²) in [5.74, 6) is -0.425. The predicted octanol–water partition coefficient (Wildman–Crippen LogP) is 4.31. The van der Waals surface area contributed by atoms with Crippen LogP contribution >= 0.6 is 11.3 Å². The van der Waals surface area contributed by atoms with Gasteiger partial charge in [0.25, 0.3) is 5.91 Å². The topological polar surface area (TPSA) is 38.1 Å². The first kappa shape index (κ1) is 16.7. The Morgan fingerprint density at radius 2 is 2.08 bits per heavy atom. The average molecular weight is 367 g/mol. The highest BCUT2D eigenvalue weighted by Crippen LogP contribution is 2.27. The summed E-state index contributed by atoms with van der Waals surface area (Å²) >= 11 is 1.72. The van der Waals surface area contributed by atoms with Gasteiger partial charge in [-0.3, -0.25) is 4.79 Å².